The first kappa shape index (κ1) is 9.91. The third-order valence-electron chi connectivity index (χ3n) is 0.932. The summed E-state index contributed by atoms with van der Waals surface area (Å²) in [7, 11) is 0. The van der Waals surface area contributed by atoms with Crippen LogP contribution in [0.4, 0.5) is 0 Å². The topological polar surface area (TPSA) is 29.1 Å². The number of rotatable bonds is 3. The third-order valence-corrected chi connectivity index (χ3v) is 2.09. The Morgan fingerprint density at radius 2 is 2.30 bits per heavy atom. The summed E-state index contributed by atoms with van der Waals surface area (Å²) in [5.41, 5.74) is 0. The number of carbonyl (C=O) groups is 1. The maximum Gasteiger partial charge on any atom is 0.133 e. The summed E-state index contributed by atoms with van der Waals surface area (Å²) in [5.74, 6) is 0.191. The van der Waals surface area contributed by atoms with Gasteiger partial charge in [-0.2, -0.15) is 0 Å². The van der Waals surface area contributed by atoms with Crippen LogP contribution >= 0.6 is 24.0 Å². The number of thiocarbonyl (C=S) groups is 1. The molecule has 10 heavy (non-hydrogen) atoms. The van der Waals surface area contributed by atoms with E-state index >= 15 is 0 Å². The number of carbonyl (C=O) groups excluding carboxylic acids is 1. The summed E-state index contributed by atoms with van der Waals surface area (Å²) in [4.78, 5) is 10.4. The Kier molecular flexibility index (Phi) is 5.63. The standard InChI is InChI=1S/C6H11NOS2/c1-5(8)3-4-7-6(9)10-2/h3-4H2,1-2H3,(H,7,9). The predicted octanol–water partition coefficient (Wildman–Crippen LogP) is 1.20. The van der Waals surface area contributed by atoms with Crippen molar-refractivity contribution < 1.29 is 4.79 Å². The molecule has 58 valence electrons. The Morgan fingerprint density at radius 1 is 1.70 bits per heavy atom. The largest absolute Gasteiger partial charge is 0.371 e. The summed E-state index contributed by atoms with van der Waals surface area (Å²) in [6.45, 7) is 2.23. The Bertz CT molecular complexity index is 136. The van der Waals surface area contributed by atoms with E-state index in [1.54, 1.807) is 6.92 Å². The van der Waals surface area contributed by atoms with Crippen molar-refractivity contribution in [2.24, 2.45) is 0 Å². The molecule has 0 saturated heterocycles. The molecule has 0 rings (SSSR count). The minimum atomic E-state index is 0.191. The first-order valence-electron chi connectivity index (χ1n) is 2.98. The van der Waals surface area contributed by atoms with E-state index in [2.05, 4.69) is 5.32 Å². The van der Waals surface area contributed by atoms with Crippen molar-refractivity contribution in [3.05, 3.63) is 0 Å². The molecule has 0 aromatic rings. The van der Waals surface area contributed by atoms with Crippen LogP contribution in [-0.4, -0.2) is 22.9 Å². The predicted molar refractivity (Wildman–Crippen MR) is 49.4 cm³/mol. The molecule has 0 aliphatic rings. The number of hydrogen-bond donors (Lipinski definition) is 1. The quantitative estimate of drug-likeness (QED) is 0.656. The normalized spacial score (nSPS) is 9.00. The molecule has 2 nitrogen and oxygen atoms in total. The van der Waals surface area contributed by atoms with Crippen molar-refractivity contribution in [2.45, 2.75) is 13.3 Å². The first-order valence-corrected chi connectivity index (χ1v) is 4.61. The van der Waals surface area contributed by atoms with Gasteiger partial charge in [-0.3, -0.25) is 4.79 Å². The van der Waals surface area contributed by atoms with Gasteiger partial charge < -0.3 is 5.32 Å². The van der Waals surface area contributed by atoms with Crippen molar-refractivity contribution in [3.63, 3.8) is 0 Å². The summed E-state index contributed by atoms with van der Waals surface area (Å²) >= 11 is 6.33. The Morgan fingerprint density at radius 3 is 2.70 bits per heavy atom. The molecule has 0 heterocycles. The van der Waals surface area contributed by atoms with Crippen molar-refractivity contribution in [1.82, 2.24) is 5.32 Å². The van der Waals surface area contributed by atoms with Gasteiger partial charge in [0.05, 0.1) is 0 Å². The molecule has 0 aliphatic heterocycles. The molecule has 0 aromatic carbocycles. The van der Waals surface area contributed by atoms with Gasteiger partial charge in [0.25, 0.3) is 0 Å². The molecule has 0 amide bonds. The summed E-state index contributed by atoms with van der Waals surface area (Å²) in [5, 5.41) is 2.94. The highest BCUT2D eigenvalue weighted by molar-refractivity contribution is 8.22. The van der Waals surface area contributed by atoms with Crippen molar-refractivity contribution in [1.29, 1.82) is 0 Å². The summed E-state index contributed by atoms with van der Waals surface area (Å²) in [6, 6.07) is 0. The smallest absolute Gasteiger partial charge is 0.133 e. The van der Waals surface area contributed by atoms with Gasteiger partial charge in [0.1, 0.15) is 10.1 Å². The van der Waals surface area contributed by atoms with E-state index in [0.29, 0.717) is 13.0 Å². The molecule has 0 bridgehead atoms. The minimum absolute atomic E-state index is 0.191. The van der Waals surface area contributed by atoms with Gasteiger partial charge in [-0.05, 0) is 13.2 Å². The van der Waals surface area contributed by atoms with E-state index in [9.17, 15) is 4.79 Å². The van der Waals surface area contributed by atoms with E-state index in [-0.39, 0.29) is 5.78 Å². The number of nitrogens with one attached hydrogen (secondary N) is 1. The zero-order valence-electron chi connectivity index (χ0n) is 6.14. The monoisotopic (exact) mass is 177 g/mol. The van der Waals surface area contributed by atoms with Crippen LogP contribution in [0, 0.1) is 0 Å². The fraction of sp³-hybridized carbons (Fsp3) is 0.667. The third kappa shape index (κ3) is 6.04. The van der Waals surface area contributed by atoms with Gasteiger partial charge in [0.2, 0.25) is 0 Å². The highest BCUT2D eigenvalue weighted by atomic mass is 32.2. The highest BCUT2D eigenvalue weighted by Gasteiger charge is 1.93. The molecule has 0 atom stereocenters. The second kappa shape index (κ2) is 5.68. The molecular formula is C6H11NOS2. The second-order valence-corrected chi connectivity index (χ2v) is 3.35. The van der Waals surface area contributed by atoms with Crippen LogP contribution in [0.15, 0.2) is 0 Å². The molecule has 0 aromatic heterocycles. The van der Waals surface area contributed by atoms with Crippen LogP contribution in [0.1, 0.15) is 13.3 Å². The lowest BCUT2D eigenvalue weighted by molar-refractivity contribution is -0.116. The van der Waals surface area contributed by atoms with Gasteiger partial charge in [-0.1, -0.05) is 12.2 Å². The Labute approximate surface area is 70.8 Å². The number of hydrogen-bond acceptors (Lipinski definition) is 3. The minimum Gasteiger partial charge on any atom is -0.371 e. The van der Waals surface area contributed by atoms with E-state index in [4.69, 9.17) is 12.2 Å². The zero-order chi connectivity index (χ0) is 7.98. The van der Waals surface area contributed by atoms with Crippen LogP contribution < -0.4 is 5.32 Å². The molecule has 1 N–H and O–H groups in total. The van der Waals surface area contributed by atoms with Crippen LogP contribution in [0.2, 0.25) is 0 Å². The van der Waals surface area contributed by atoms with E-state index in [0.717, 1.165) is 4.32 Å². The average molecular weight is 177 g/mol. The van der Waals surface area contributed by atoms with Crippen molar-refractivity contribution in [3.8, 4) is 0 Å². The molecule has 0 unspecified atom stereocenters. The van der Waals surface area contributed by atoms with Gasteiger partial charge in [-0.25, -0.2) is 0 Å². The SMILES string of the molecule is CSC(=S)NCCC(C)=O. The maximum absolute atomic E-state index is 10.4. The van der Waals surface area contributed by atoms with Crippen LogP contribution in [0.25, 0.3) is 0 Å². The Hall–Kier alpha value is -0.0900. The van der Waals surface area contributed by atoms with Crippen LogP contribution in [-0.2, 0) is 4.79 Å². The lowest BCUT2D eigenvalue weighted by Gasteiger charge is -2.01. The van der Waals surface area contributed by atoms with Gasteiger partial charge in [0, 0.05) is 13.0 Å². The molecule has 0 fully saturated rings. The van der Waals surface area contributed by atoms with E-state index in [1.165, 1.54) is 11.8 Å². The molecular weight excluding hydrogens is 166 g/mol. The molecule has 0 spiro atoms. The van der Waals surface area contributed by atoms with Gasteiger partial charge in [0.15, 0.2) is 0 Å². The number of thioether (sulfide) groups is 1. The second-order valence-electron chi connectivity index (χ2n) is 1.87. The first-order chi connectivity index (χ1) is 4.66. The molecule has 4 heteroatoms. The van der Waals surface area contributed by atoms with Gasteiger partial charge in [-0.15, -0.1) is 11.8 Å². The van der Waals surface area contributed by atoms with Crippen molar-refractivity contribution >= 4 is 34.1 Å². The van der Waals surface area contributed by atoms with Crippen LogP contribution in [0.3, 0.4) is 0 Å². The molecule has 0 aliphatic carbocycles. The number of ketones is 1. The van der Waals surface area contributed by atoms with Gasteiger partial charge >= 0.3 is 0 Å². The Balaban J connectivity index is 3.20. The fourth-order valence-electron chi connectivity index (χ4n) is 0.413. The molecule has 0 saturated carbocycles. The average Bonchev–Trinajstić information content (AvgIpc) is 1.87. The van der Waals surface area contributed by atoms with E-state index < -0.39 is 0 Å². The lowest BCUT2D eigenvalue weighted by Crippen LogP contribution is -2.20. The summed E-state index contributed by atoms with van der Waals surface area (Å²) in [6.07, 6.45) is 2.46. The number of Topliss-reactive ketones (excluding diaryl/α,β-unsaturated/α-hetero) is 1. The molecule has 0 radical (unpaired) electrons. The maximum atomic E-state index is 10.4. The van der Waals surface area contributed by atoms with E-state index in [1.807, 2.05) is 6.26 Å². The lowest BCUT2D eigenvalue weighted by atomic mass is 10.3. The fourth-order valence-corrected chi connectivity index (χ4v) is 0.761. The van der Waals surface area contributed by atoms with Crippen LogP contribution in [0.5, 0.6) is 0 Å². The zero-order valence-corrected chi connectivity index (χ0v) is 7.77. The summed E-state index contributed by atoms with van der Waals surface area (Å²) < 4.78 is 0.751. The highest BCUT2D eigenvalue weighted by Crippen LogP contribution is 1.93. The van der Waals surface area contributed by atoms with Crippen molar-refractivity contribution in [2.75, 3.05) is 12.8 Å².